The molecule has 13 heteroatoms. The lowest BCUT2D eigenvalue weighted by atomic mass is 10.1. The number of carbonyl (C=O) groups is 3. The second-order valence-electron chi connectivity index (χ2n) is 5.64. The summed E-state index contributed by atoms with van der Waals surface area (Å²) >= 11 is 3.87. The molecule has 0 aromatic carbocycles. The van der Waals surface area contributed by atoms with Crippen molar-refractivity contribution in [3.05, 3.63) is 0 Å². The average Bonchev–Trinajstić information content (AvgIpc) is 2.58. The van der Waals surface area contributed by atoms with Gasteiger partial charge in [-0.3, -0.25) is 24.4 Å². The normalized spacial score (nSPS) is 12.3. The third-order valence-corrected chi connectivity index (χ3v) is 3.63. The fourth-order valence-electron chi connectivity index (χ4n) is 2.07. The maximum atomic E-state index is 12.5. The van der Waals surface area contributed by atoms with Gasteiger partial charge in [-0.15, -0.1) is 0 Å². The first-order valence-electron chi connectivity index (χ1n) is 8.28. The minimum Gasteiger partial charge on any atom is -0.370 e. The first-order chi connectivity index (χ1) is 12.7. The number of rotatable bonds is 13. The van der Waals surface area contributed by atoms with Crippen LogP contribution < -0.4 is 39.3 Å². The average molecular weight is 404 g/mol. The molecule has 0 unspecified atom stereocenters. The molecule has 0 saturated heterocycles. The van der Waals surface area contributed by atoms with Gasteiger partial charge in [-0.1, -0.05) is 0 Å². The van der Waals surface area contributed by atoms with Crippen molar-refractivity contribution in [1.82, 2.24) is 10.6 Å². The van der Waals surface area contributed by atoms with E-state index >= 15 is 0 Å². The van der Waals surface area contributed by atoms with Crippen LogP contribution in [0.15, 0.2) is 9.98 Å². The number of nitrogens with two attached hydrogens (primary N) is 5. The Labute approximate surface area is 163 Å². The number of hydrogen-bond donors (Lipinski definition) is 8. The van der Waals surface area contributed by atoms with Crippen molar-refractivity contribution in [2.24, 2.45) is 38.7 Å². The van der Waals surface area contributed by atoms with Gasteiger partial charge in [-0.05, 0) is 25.7 Å². The molecule has 0 spiro atoms. The van der Waals surface area contributed by atoms with E-state index in [-0.39, 0.29) is 30.5 Å². The highest BCUT2D eigenvalue weighted by Gasteiger charge is 2.24. The van der Waals surface area contributed by atoms with Gasteiger partial charge in [-0.25, -0.2) is 0 Å². The Kier molecular flexibility index (Phi) is 12.1. The van der Waals surface area contributed by atoms with Crippen LogP contribution in [-0.4, -0.2) is 60.6 Å². The lowest BCUT2D eigenvalue weighted by Gasteiger charge is -2.21. The molecule has 0 aromatic rings. The largest absolute Gasteiger partial charge is 0.370 e. The quantitative estimate of drug-likeness (QED) is 0.0667. The van der Waals surface area contributed by atoms with Crippen LogP contribution in [0.4, 0.5) is 0 Å². The predicted octanol–water partition coefficient (Wildman–Crippen LogP) is -3.52. The van der Waals surface area contributed by atoms with E-state index in [9.17, 15) is 14.4 Å². The van der Waals surface area contributed by atoms with Crippen molar-refractivity contribution in [2.45, 2.75) is 37.8 Å². The Morgan fingerprint density at radius 1 is 0.815 bits per heavy atom. The lowest BCUT2D eigenvalue weighted by Crippen LogP contribution is -2.53. The second-order valence-corrected chi connectivity index (χ2v) is 5.96. The van der Waals surface area contributed by atoms with Gasteiger partial charge in [0.1, 0.15) is 12.1 Å². The number of nitrogens with zero attached hydrogens (tertiary/aromatic N) is 2. The van der Waals surface area contributed by atoms with E-state index in [2.05, 4.69) is 33.2 Å². The van der Waals surface area contributed by atoms with E-state index in [4.69, 9.17) is 28.7 Å². The van der Waals surface area contributed by atoms with Crippen molar-refractivity contribution in [2.75, 3.05) is 18.8 Å². The Morgan fingerprint density at radius 3 is 1.70 bits per heavy atom. The van der Waals surface area contributed by atoms with Crippen LogP contribution in [0, 0.1) is 0 Å². The van der Waals surface area contributed by atoms with Crippen molar-refractivity contribution < 1.29 is 14.4 Å². The molecule has 0 aromatic heterocycles. The maximum absolute atomic E-state index is 12.5. The van der Waals surface area contributed by atoms with E-state index in [0.29, 0.717) is 25.9 Å². The zero-order valence-corrected chi connectivity index (χ0v) is 16.0. The van der Waals surface area contributed by atoms with Gasteiger partial charge in [0.05, 0.1) is 5.75 Å². The number of guanidine groups is 2. The van der Waals surface area contributed by atoms with Crippen molar-refractivity contribution in [3.8, 4) is 0 Å². The molecule has 0 aliphatic carbocycles. The molecule has 0 bridgehead atoms. The van der Waals surface area contributed by atoms with Crippen LogP contribution in [0.25, 0.3) is 0 Å². The van der Waals surface area contributed by atoms with Crippen molar-refractivity contribution in [3.63, 3.8) is 0 Å². The van der Waals surface area contributed by atoms with Crippen LogP contribution in [0.5, 0.6) is 0 Å². The Balaban J connectivity index is 4.82. The highest BCUT2D eigenvalue weighted by Crippen LogP contribution is 2.03. The molecule has 0 aliphatic heterocycles. The van der Waals surface area contributed by atoms with Gasteiger partial charge >= 0.3 is 0 Å². The highest BCUT2D eigenvalue weighted by molar-refractivity contribution is 7.81. The van der Waals surface area contributed by atoms with Crippen molar-refractivity contribution in [1.29, 1.82) is 0 Å². The van der Waals surface area contributed by atoms with Gasteiger partial charge in [0.2, 0.25) is 17.7 Å². The van der Waals surface area contributed by atoms with E-state index in [0.717, 1.165) is 0 Å². The molecule has 3 amide bonds. The van der Waals surface area contributed by atoms with Gasteiger partial charge < -0.3 is 39.3 Å². The molecule has 27 heavy (non-hydrogen) atoms. The van der Waals surface area contributed by atoms with E-state index in [1.807, 2.05) is 0 Å². The Bertz CT molecular complexity index is 560. The zero-order chi connectivity index (χ0) is 20.8. The lowest BCUT2D eigenvalue weighted by molar-refractivity contribution is -0.131. The van der Waals surface area contributed by atoms with E-state index in [1.165, 1.54) is 0 Å². The number of aliphatic imine (C=N–C) groups is 2. The van der Waals surface area contributed by atoms with Crippen LogP contribution >= 0.6 is 12.6 Å². The molecule has 154 valence electrons. The van der Waals surface area contributed by atoms with Crippen LogP contribution in [-0.2, 0) is 14.4 Å². The third kappa shape index (κ3) is 12.3. The summed E-state index contributed by atoms with van der Waals surface area (Å²) in [7, 11) is 0. The molecule has 0 rings (SSSR count). The molecule has 12 N–H and O–H groups in total. The summed E-state index contributed by atoms with van der Waals surface area (Å²) in [6, 6.07) is -1.79. The van der Waals surface area contributed by atoms with Gasteiger partial charge in [0.25, 0.3) is 0 Å². The number of nitrogens with one attached hydrogen (secondary N) is 2. The van der Waals surface area contributed by atoms with E-state index < -0.39 is 29.8 Å². The summed E-state index contributed by atoms with van der Waals surface area (Å²) in [6.45, 7) is 0.584. The molecule has 12 nitrogen and oxygen atoms in total. The second kappa shape index (κ2) is 13.5. The molecule has 0 radical (unpaired) electrons. The van der Waals surface area contributed by atoms with Crippen molar-refractivity contribution >= 4 is 42.3 Å². The topological polar surface area (TPSA) is 230 Å². The summed E-state index contributed by atoms with van der Waals surface area (Å²) in [5.41, 5.74) is 26.2. The molecule has 0 aliphatic rings. The fraction of sp³-hybridized carbons (Fsp3) is 0.643. The summed E-state index contributed by atoms with van der Waals surface area (Å²) in [6.07, 6.45) is 1.39. The monoisotopic (exact) mass is 403 g/mol. The smallest absolute Gasteiger partial charge is 0.243 e. The molecule has 2 atom stereocenters. The SMILES string of the molecule is NC(=O)[C@H](CCCN=C(N)N)NC(=O)[C@H](CCCN=C(N)N)NC(=O)CS. The molecule has 0 heterocycles. The zero-order valence-electron chi connectivity index (χ0n) is 15.1. The first-order valence-corrected chi connectivity index (χ1v) is 8.91. The van der Waals surface area contributed by atoms with Gasteiger partial charge in [0, 0.05) is 13.1 Å². The standard InChI is InChI=1S/C14H29N9O3S/c15-11(25)8(3-1-5-20-13(16)17)23-12(26)9(22-10(24)7-27)4-2-6-21-14(18)19/h8-9,27H,1-7H2,(H2,15,25)(H,22,24)(H,23,26)(H4,16,17,20)(H4,18,19,21)/t8-,9-/m0/s1. The van der Waals surface area contributed by atoms with Crippen LogP contribution in [0.1, 0.15) is 25.7 Å². The van der Waals surface area contributed by atoms with Crippen LogP contribution in [0.2, 0.25) is 0 Å². The van der Waals surface area contributed by atoms with E-state index in [1.54, 1.807) is 0 Å². The molecular weight excluding hydrogens is 374 g/mol. The minimum atomic E-state index is -0.917. The molecule has 0 saturated carbocycles. The highest BCUT2D eigenvalue weighted by atomic mass is 32.1. The van der Waals surface area contributed by atoms with Gasteiger partial charge in [0.15, 0.2) is 11.9 Å². The minimum absolute atomic E-state index is 0.0648. The Morgan fingerprint density at radius 2 is 1.30 bits per heavy atom. The fourth-order valence-corrected chi connectivity index (χ4v) is 2.17. The number of carbonyl (C=O) groups excluding carboxylic acids is 3. The van der Waals surface area contributed by atoms with Crippen LogP contribution in [0.3, 0.4) is 0 Å². The third-order valence-electron chi connectivity index (χ3n) is 3.35. The van der Waals surface area contributed by atoms with Gasteiger partial charge in [-0.2, -0.15) is 12.6 Å². The molecular formula is C14H29N9O3S. The summed E-state index contributed by atoms with van der Waals surface area (Å²) in [5.74, 6) is -1.89. The summed E-state index contributed by atoms with van der Waals surface area (Å²) in [5, 5.41) is 5.07. The number of hydrogen-bond acceptors (Lipinski definition) is 6. The first kappa shape index (κ1) is 24.3. The summed E-state index contributed by atoms with van der Waals surface area (Å²) < 4.78 is 0. The molecule has 0 fully saturated rings. The number of thiol groups is 1. The Hall–Kier alpha value is -2.70. The number of primary amides is 1. The predicted molar refractivity (Wildman–Crippen MR) is 107 cm³/mol. The number of amides is 3. The maximum Gasteiger partial charge on any atom is 0.243 e. The summed E-state index contributed by atoms with van der Waals surface area (Å²) in [4.78, 5) is 43.2.